The molecule has 2 N–H and O–H groups in total. The lowest BCUT2D eigenvalue weighted by atomic mass is 10.2. The number of carbonyl (C=O) groups excluding carboxylic acids is 1. The van der Waals surface area contributed by atoms with Crippen molar-refractivity contribution < 1.29 is 14.1 Å². The van der Waals surface area contributed by atoms with Crippen LogP contribution in [0, 0.1) is 0 Å². The highest BCUT2D eigenvalue weighted by Crippen LogP contribution is 2.24. The minimum absolute atomic E-state index is 0.357. The number of anilines is 1. The largest absolute Gasteiger partial charge is 0.497 e. The standard InChI is InChI=1S/C19H19BrN4O3/c1-3-16(22-19(25)21-14-8-5-9-15(11-14)26-2)17-23-18(27-24-17)12-6-4-7-13(20)10-12/h4-11,16H,3H2,1-2H3,(H2,21,22,25)/t16-/m0/s1. The molecule has 3 aromatic rings. The number of hydrogen-bond acceptors (Lipinski definition) is 5. The average Bonchev–Trinajstić information content (AvgIpc) is 3.16. The van der Waals surface area contributed by atoms with Crippen molar-refractivity contribution in [2.24, 2.45) is 0 Å². The first kappa shape index (κ1) is 18.9. The van der Waals surface area contributed by atoms with E-state index in [0.717, 1.165) is 10.0 Å². The van der Waals surface area contributed by atoms with Gasteiger partial charge in [-0.25, -0.2) is 4.79 Å². The minimum Gasteiger partial charge on any atom is -0.497 e. The minimum atomic E-state index is -0.375. The van der Waals surface area contributed by atoms with Gasteiger partial charge in [-0.15, -0.1) is 0 Å². The summed E-state index contributed by atoms with van der Waals surface area (Å²) in [5.74, 6) is 1.49. The van der Waals surface area contributed by atoms with Crippen LogP contribution in [0.2, 0.25) is 0 Å². The molecular formula is C19H19BrN4O3. The third-order valence-corrected chi connectivity index (χ3v) is 4.36. The van der Waals surface area contributed by atoms with Crippen LogP contribution in [-0.4, -0.2) is 23.3 Å². The Bertz CT molecular complexity index is 929. The maximum Gasteiger partial charge on any atom is 0.319 e. The second-order valence-electron chi connectivity index (χ2n) is 5.76. The molecule has 0 bridgehead atoms. The zero-order valence-corrected chi connectivity index (χ0v) is 16.5. The maximum atomic E-state index is 12.3. The summed E-state index contributed by atoms with van der Waals surface area (Å²) in [6.45, 7) is 1.94. The first-order chi connectivity index (χ1) is 13.1. The quantitative estimate of drug-likeness (QED) is 0.587. The van der Waals surface area contributed by atoms with E-state index in [2.05, 4.69) is 36.7 Å². The molecule has 0 aliphatic rings. The molecule has 140 valence electrons. The molecule has 0 saturated carbocycles. The zero-order chi connectivity index (χ0) is 19.2. The van der Waals surface area contributed by atoms with E-state index in [1.54, 1.807) is 31.4 Å². The lowest BCUT2D eigenvalue weighted by Crippen LogP contribution is -2.32. The second-order valence-corrected chi connectivity index (χ2v) is 6.68. The predicted octanol–water partition coefficient (Wildman–Crippen LogP) is 4.78. The number of nitrogens with one attached hydrogen (secondary N) is 2. The number of urea groups is 1. The van der Waals surface area contributed by atoms with Crippen molar-refractivity contribution in [1.29, 1.82) is 0 Å². The van der Waals surface area contributed by atoms with Crippen LogP contribution < -0.4 is 15.4 Å². The van der Waals surface area contributed by atoms with E-state index in [9.17, 15) is 4.79 Å². The van der Waals surface area contributed by atoms with Crippen LogP contribution in [-0.2, 0) is 0 Å². The van der Waals surface area contributed by atoms with Crippen molar-refractivity contribution in [3.8, 4) is 17.2 Å². The first-order valence-electron chi connectivity index (χ1n) is 8.40. The third kappa shape index (κ3) is 4.85. The van der Waals surface area contributed by atoms with Gasteiger partial charge in [0.05, 0.1) is 13.2 Å². The van der Waals surface area contributed by atoms with Gasteiger partial charge < -0.3 is 19.9 Å². The summed E-state index contributed by atoms with van der Waals surface area (Å²) in [5.41, 5.74) is 1.43. The molecular weight excluding hydrogens is 412 g/mol. The molecule has 0 saturated heterocycles. The Morgan fingerprint density at radius 3 is 2.81 bits per heavy atom. The van der Waals surface area contributed by atoms with Crippen molar-refractivity contribution in [1.82, 2.24) is 15.5 Å². The highest BCUT2D eigenvalue weighted by atomic mass is 79.9. The van der Waals surface area contributed by atoms with Gasteiger partial charge in [-0.2, -0.15) is 4.98 Å². The molecule has 0 aliphatic carbocycles. The molecule has 0 unspecified atom stereocenters. The molecule has 1 heterocycles. The van der Waals surface area contributed by atoms with Gasteiger partial charge in [0.1, 0.15) is 5.75 Å². The van der Waals surface area contributed by atoms with Crippen LogP contribution in [0.4, 0.5) is 10.5 Å². The second kappa shape index (κ2) is 8.68. The number of benzene rings is 2. The van der Waals surface area contributed by atoms with Crippen LogP contribution in [0.15, 0.2) is 57.5 Å². The number of amides is 2. The van der Waals surface area contributed by atoms with E-state index >= 15 is 0 Å². The van der Waals surface area contributed by atoms with E-state index in [1.165, 1.54) is 0 Å². The van der Waals surface area contributed by atoms with Gasteiger partial charge in [-0.05, 0) is 36.8 Å². The Kier molecular flexibility index (Phi) is 6.08. The van der Waals surface area contributed by atoms with Gasteiger partial charge in [-0.3, -0.25) is 0 Å². The molecule has 7 nitrogen and oxygen atoms in total. The van der Waals surface area contributed by atoms with Gasteiger partial charge in [0.25, 0.3) is 5.89 Å². The molecule has 1 atom stereocenters. The van der Waals surface area contributed by atoms with Crippen molar-refractivity contribution in [3.05, 3.63) is 58.8 Å². The Labute approximate surface area is 165 Å². The van der Waals surface area contributed by atoms with E-state index < -0.39 is 0 Å². The van der Waals surface area contributed by atoms with Crippen LogP contribution in [0.5, 0.6) is 5.75 Å². The number of aromatic nitrogens is 2. The van der Waals surface area contributed by atoms with Crippen LogP contribution in [0.1, 0.15) is 25.2 Å². The maximum absolute atomic E-state index is 12.3. The molecule has 27 heavy (non-hydrogen) atoms. The molecule has 0 spiro atoms. The number of methoxy groups -OCH3 is 1. The fourth-order valence-electron chi connectivity index (χ4n) is 2.49. The number of rotatable bonds is 6. The molecule has 2 aromatic carbocycles. The Hall–Kier alpha value is -2.87. The summed E-state index contributed by atoms with van der Waals surface area (Å²) in [4.78, 5) is 16.7. The summed E-state index contributed by atoms with van der Waals surface area (Å²) < 4.78 is 11.4. The van der Waals surface area contributed by atoms with Crippen molar-refractivity contribution in [2.45, 2.75) is 19.4 Å². The summed E-state index contributed by atoms with van der Waals surface area (Å²) in [6.07, 6.45) is 0.614. The number of carbonyl (C=O) groups is 1. The van der Waals surface area contributed by atoms with Crippen LogP contribution >= 0.6 is 15.9 Å². The van der Waals surface area contributed by atoms with Gasteiger partial charge >= 0.3 is 6.03 Å². The average molecular weight is 431 g/mol. The molecule has 1 aromatic heterocycles. The Morgan fingerprint density at radius 1 is 1.26 bits per heavy atom. The van der Waals surface area contributed by atoms with E-state index in [-0.39, 0.29) is 12.1 Å². The summed E-state index contributed by atoms with van der Waals surface area (Å²) in [6, 6.07) is 14.0. The number of ether oxygens (including phenoxy) is 1. The highest BCUT2D eigenvalue weighted by molar-refractivity contribution is 9.10. The fraction of sp³-hybridized carbons (Fsp3) is 0.211. The van der Waals surface area contributed by atoms with Crippen LogP contribution in [0.3, 0.4) is 0 Å². The molecule has 2 amide bonds. The fourth-order valence-corrected chi connectivity index (χ4v) is 2.89. The lowest BCUT2D eigenvalue weighted by Gasteiger charge is -2.14. The van der Waals surface area contributed by atoms with Crippen molar-refractivity contribution in [3.63, 3.8) is 0 Å². The SMILES string of the molecule is CC[C@H](NC(=O)Nc1cccc(OC)c1)c1noc(-c2cccc(Br)c2)n1. The molecule has 3 rings (SSSR count). The first-order valence-corrected chi connectivity index (χ1v) is 9.19. The topological polar surface area (TPSA) is 89.3 Å². The number of nitrogens with zero attached hydrogens (tertiary/aromatic N) is 2. The number of hydrogen-bond donors (Lipinski definition) is 2. The third-order valence-electron chi connectivity index (χ3n) is 3.87. The number of halogens is 1. The van der Waals surface area contributed by atoms with Crippen molar-refractivity contribution in [2.75, 3.05) is 12.4 Å². The molecule has 0 aliphatic heterocycles. The lowest BCUT2D eigenvalue weighted by molar-refractivity contribution is 0.247. The van der Waals surface area contributed by atoms with E-state index in [4.69, 9.17) is 9.26 Å². The Morgan fingerprint density at radius 2 is 2.07 bits per heavy atom. The monoisotopic (exact) mass is 430 g/mol. The van der Waals surface area contributed by atoms with Gasteiger partial charge in [-0.1, -0.05) is 40.1 Å². The smallest absolute Gasteiger partial charge is 0.319 e. The van der Waals surface area contributed by atoms with E-state index in [1.807, 2.05) is 31.2 Å². The predicted molar refractivity (Wildman–Crippen MR) is 106 cm³/mol. The Balaban J connectivity index is 1.69. The van der Waals surface area contributed by atoms with Gasteiger partial charge in [0, 0.05) is 21.8 Å². The zero-order valence-electron chi connectivity index (χ0n) is 14.9. The summed E-state index contributed by atoms with van der Waals surface area (Å²) in [5, 5.41) is 9.65. The van der Waals surface area contributed by atoms with Crippen LogP contribution in [0.25, 0.3) is 11.5 Å². The molecule has 8 heteroatoms. The molecule has 0 radical (unpaired) electrons. The van der Waals surface area contributed by atoms with Crippen molar-refractivity contribution >= 4 is 27.6 Å². The molecule has 0 fully saturated rings. The van der Waals surface area contributed by atoms with Gasteiger partial charge in [0.2, 0.25) is 0 Å². The highest BCUT2D eigenvalue weighted by Gasteiger charge is 2.20. The summed E-state index contributed by atoms with van der Waals surface area (Å²) >= 11 is 3.42. The summed E-state index contributed by atoms with van der Waals surface area (Å²) in [7, 11) is 1.57. The van der Waals surface area contributed by atoms with Gasteiger partial charge in [0.15, 0.2) is 5.82 Å². The van der Waals surface area contributed by atoms with E-state index in [0.29, 0.717) is 29.6 Å². The normalized spacial score (nSPS) is 11.7.